The van der Waals surface area contributed by atoms with E-state index in [0.29, 0.717) is 0 Å². The average molecular weight is 377 g/mol. The van der Waals surface area contributed by atoms with Crippen LogP contribution in [0.25, 0.3) is 0 Å². The second kappa shape index (κ2) is 8.13. The number of methoxy groups -OCH3 is 1. The number of benzene rings is 2. The Morgan fingerprint density at radius 2 is 2.04 bits per heavy atom. The second-order valence-electron chi connectivity index (χ2n) is 5.41. The summed E-state index contributed by atoms with van der Waals surface area (Å²) in [4.78, 5) is 12.0. The Kier molecular flexibility index (Phi) is 6.19. The monoisotopic (exact) mass is 376 g/mol. The van der Waals surface area contributed by atoms with Gasteiger partial charge in [0.1, 0.15) is 5.75 Å². The number of halogens is 1. The van der Waals surface area contributed by atoms with Crippen molar-refractivity contribution >= 4 is 27.5 Å². The van der Waals surface area contributed by atoms with Gasteiger partial charge in [-0.3, -0.25) is 4.79 Å². The highest BCUT2D eigenvalue weighted by Gasteiger charge is 2.10. The van der Waals surface area contributed by atoms with Crippen LogP contribution in [-0.4, -0.2) is 19.6 Å². The number of hydrogen-bond acceptors (Lipinski definition) is 3. The van der Waals surface area contributed by atoms with Gasteiger partial charge in [-0.05, 0) is 65.2 Å². The zero-order valence-electron chi connectivity index (χ0n) is 13.5. The molecule has 0 spiro atoms. The van der Waals surface area contributed by atoms with Gasteiger partial charge < -0.3 is 15.4 Å². The van der Waals surface area contributed by atoms with Gasteiger partial charge in [0.05, 0.1) is 18.1 Å². The predicted octanol–water partition coefficient (Wildman–Crippen LogP) is 4.06. The van der Waals surface area contributed by atoms with Gasteiger partial charge in [0.15, 0.2) is 0 Å². The van der Waals surface area contributed by atoms with Crippen LogP contribution in [0, 0.1) is 6.92 Å². The van der Waals surface area contributed by atoms with Crippen molar-refractivity contribution in [2.24, 2.45) is 0 Å². The third kappa shape index (κ3) is 5.08. The Morgan fingerprint density at radius 1 is 1.26 bits per heavy atom. The summed E-state index contributed by atoms with van der Waals surface area (Å²) in [5, 5.41) is 6.11. The van der Waals surface area contributed by atoms with Crippen LogP contribution in [0.1, 0.15) is 24.1 Å². The van der Waals surface area contributed by atoms with Crippen molar-refractivity contribution in [1.82, 2.24) is 5.32 Å². The maximum atomic E-state index is 12.0. The van der Waals surface area contributed by atoms with Crippen LogP contribution in [0.15, 0.2) is 46.9 Å². The summed E-state index contributed by atoms with van der Waals surface area (Å²) in [6.07, 6.45) is 0. The first kappa shape index (κ1) is 17.5. The minimum atomic E-state index is -0.0602. The minimum absolute atomic E-state index is 0.0560. The van der Waals surface area contributed by atoms with Gasteiger partial charge >= 0.3 is 0 Å². The molecule has 0 bridgehead atoms. The molecule has 0 heterocycles. The molecule has 0 saturated heterocycles. The number of aryl methyl sites for hydroxylation is 1. The fourth-order valence-corrected chi connectivity index (χ4v) is 2.80. The quantitative estimate of drug-likeness (QED) is 0.799. The van der Waals surface area contributed by atoms with Crippen LogP contribution in [0.4, 0.5) is 5.69 Å². The number of hydrogen-bond donors (Lipinski definition) is 2. The summed E-state index contributed by atoms with van der Waals surface area (Å²) in [6, 6.07) is 13.7. The van der Waals surface area contributed by atoms with Crippen molar-refractivity contribution in [3.05, 3.63) is 58.1 Å². The van der Waals surface area contributed by atoms with E-state index in [2.05, 4.69) is 26.6 Å². The van der Waals surface area contributed by atoms with Crippen LogP contribution in [0.5, 0.6) is 5.75 Å². The molecular formula is C18H21BrN2O2. The molecule has 0 fully saturated rings. The highest BCUT2D eigenvalue weighted by atomic mass is 79.9. The number of ether oxygens (including phenoxy) is 1. The van der Waals surface area contributed by atoms with E-state index in [-0.39, 0.29) is 18.5 Å². The SMILES string of the molecule is COc1ccc([C@@H](C)NCC(=O)Nc2cccc(C)c2)cc1Br. The van der Waals surface area contributed by atoms with Gasteiger partial charge in [-0.25, -0.2) is 0 Å². The predicted molar refractivity (Wildman–Crippen MR) is 96.9 cm³/mol. The highest BCUT2D eigenvalue weighted by molar-refractivity contribution is 9.10. The largest absolute Gasteiger partial charge is 0.496 e. The molecule has 0 aliphatic carbocycles. The molecule has 4 nitrogen and oxygen atoms in total. The van der Waals surface area contributed by atoms with E-state index in [4.69, 9.17) is 4.74 Å². The first-order valence-corrected chi connectivity index (χ1v) is 8.22. The van der Waals surface area contributed by atoms with Crippen LogP contribution in [0.2, 0.25) is 0 Å². The van der Waals surface area contributed by atoms with E-state index in [1.807, 2.05) is 56.3 Å². The van der Waals surface area contributed by atoms with Gasteiger partial charge in [0, 0.05) is 11.7 Å². The summed E-state index contributed by atoms with van der Waals surface area (Å²) in [5.74, 6) is 0.730. The summed E-state index contributed by atoms with van der Waals surface area (Å²) in [5.41, 5.74) is 3.02. The van der Waals surface area contributed by atoms with E-state index in [1.54, 1.807) is 7.11 Å². The molecule has 2 aromatic rings. The molecular weight excluding hydrogens is 356 g/mol. The van der Waals surface area contributed by atoms with Crippen LogP contribution in [0.3, 0.4) is 0 Å². The number of carbonyl (C=O) groups is 1. The number of amides is 1. The van der Waals surface area contributed by atoms with Gasteiger partial charge in [-0.1, -0.05) is 18.2 Å². The first-order chi connectivity index (χ1) is 11.0. The van der Waals surface area contributed by atoms with Gasteiger partial charge in [0.25, 0.3) is 0 Å². The Hall–Kier alpha value is -1.85. The molecule has 5 heteroatoms. The normalized spacial score (nSPS) is 11.8. The Bertz CT molecular complexity index is 688. The molecule has 2 N–H and O–H groups in total. The molecule has 0 saturated carbocycles. The fourth-order valence-electron chi connectivity index (χ4n) is 2.24. The lowest BCUT2D eigenvalue weighted by Gasteiger charge is -2.15. The van der Waals surface area contributed by atoms with Crippen LogP contribution in [-0.2, 0) is 4.79 Å². The van der Waals surface area contributed by atoms with Crippen molar-refractivity contribution in [2.45, 2.75) is 19.9 Å². The zero-order chi connectivity index (χ0) is 16.8. The summed E-state index contributed by atoms with van der Waals surface area (Å²) >= 11 is 3.47. The molecule has 0 unspecified atom stereocenters. The topological polar surface area (TPSA) is 50.4 Å². The Labute approximate surface area is 145 Å². The number of nitrogens with one attached hydrogen (secondary N) is 2. The maximum Gasteiger partial charge on any atom is 0.238 e. The van der Waals surface area contributed by atoms with Crippen molar-refractivity contribution in [3.8, 4) is 5.75 Å². The van der Waals surface area contributed by atoms with Gasteiger partial charge in [-0.15, -0.1) is 0 Å². The van der Waals surface area contributed by atoms with Crippen molar-refractivity contribution in [1.29, 1.82) is 0 Å². The molecule has 0 radical (unpaired) electrons. The van der Waals surface area contributed by atoms with Crippen molar-refractivity contribution in [2.75, 3.05) is 19.0 Å². The molecule has 0 aromatic heterocycles. The van der Waals surface area contributed by atoms with E-state index in [0.717, 1.165) is 27.0 Å². The molecule has 1 atom stereocenters. The lowest BCUT2D eigenvalue weighted by atomic mass is 10.1. The fraction of sp³-hybridized carbons (Fsp3) is 0.278. The smallest absolute Gasteiger partial charge is 0.238 e. The van der Waals surface area contributed by atoms with Gasteiger partial charge in [-0.2, -0.15) is 0 Å². The summed E-state index contributed by atoms with van der Waals surface area (Å²) in [7, 11) is 1.64. The first-order valence-electron chi connectivity index (χ1n) is 7.43. The minimum Gasteiger partial charge on any atom is -0.496 e. The third-order valence-corrected chi connectivity index (χ3v) is 4.17. The Morgan fingerprint density at radius 3 is 2.70 bits per heavy atom. The molecule has 0 aliphatic heterocycles. The van der Waals surface area contributed by atoms with Crippen LogP contribution < -0.4 is 15.4 Å². The second-order valence-corrected chi connectivity index (χ2v) is 6.27. The summed E-state index contributed by atoms with van der Waals surface area (Å²) in [6.45, 7) is 4.27. The lowest BCUT2D eigenvalue weighted by molar-refractivity contribution is -0.115. The van der Waals surface area contributed by atoms with E-state index < -0.39 is 0 Å². The average Bonchev–Trinajstić information content (AvgIpc) is 2.52. The van der Waals surface area contributed by atoms with Gasteiger partial charge in [0.2, 0.25) is 5.91 Å². The zero-order valence-corrected chi connectivity index (χ0v) is 15.1. The highest BCUT2D eigenvalue weighted by Crippen LogP contribution is 2.27. The van der Waals surface area contributed by atoms with Crippen LogP contribution >= 0.6 is 15.9 Å². The lowest BCUT2D eigenvalue weighted by Crippen LogP contribution is -2.30. The molecule has 1 amide bonds. The number of anilines is 1. The molecule has 0 aliphatic rings. The summed E-state index contributed by atoms with van der Waals surface area (Å²) < 4.78 is 6.12. The molecule has 23 heavy (non-hydrogen) atoms. The number of rotatable bonds is 6. The maximum absolute atomic E-state index is 12.0. The van der Waals surface area contributed by atoms with Crippen molar-refractivity contribution in [3.63, 3.8) is 0 Å². The third-order valence-electron chi connectivity index (χ3n) is 3.55. The Balaban J connectivity index is 1.89. The van der Waals surface area contributed by atoms with E-state index in [1.165, 1.54) is 0 Å². The van der Waals surface area contributed by atoms with Crippen molar-refractivity contribution < 1.29 is 9.53 Å². The van der Waals surface area contributed by atoms with E-state index >= 15 is 0 Å². The van der Waals surface area contributed by atoms with E-state index in [9.17, 15) is 4.79 Å². The molecule has 2 rings (SSSR count). The molecule has 122 valence electrons. The number of carbonyl (C=O) groups excluding carboxylic acids is 1. The standard InChI is InChI=1S/C18H21BrN2O2/c1-12-5-4-6-15(9-12)21-18(22)11-20-13(2)14-7-8-17(23-3)16(19)10-14/h4-10,13,20H,11H2,1-3H3,(H,21,22)/t13-/m1/s1. The molecule has 2 aromatic carbocycles.